The van der Waals surface area contributed by atoms with Crippen LogP contribution in [0.4, 0.5) is 0 Å². The van der Waals surface area contributed by atoms with Crippen LogP contribution in [0.1, 0.15) is 13.8 Å². The van der Waals surface area contributed by atoms with Crippen molar-refractivity contribution < 1.29 is 13.2 Å². The summed E-state index contributed by atoms with van der Waals surface area (Å²) in [6.45, 7) is 3.84. The van der Waals surface area contributed by atoms with E-state index in [0.717, 1.165) is 6.26 Å². The standard InChI is InChI=1S/C8H18N2O3S/c1-8(2,14(4,12)13)7(11)10-6-5-9-3/h9H,5-6H2,1-4H3,(H,10,11). The quantitative estimate of drug-likeness (QED) is 0.594. The third kappa shape index (κ3) is 3.26. The summed E-state index contributed by atoms with van der Waals surface area (Å²) in [5, 5.41) is 5.40. The van der Waals surface area contributed by atoms with Crippen molar-refractivity contribution in [1.29, 1.82) is 0 Å². The fourth-order valence-electron chi connectivity index (χ4n) is 0.682. The third-order valence-corrected chi connectivity index (χ3v) is 4.17. The second-order valence-corrected chi connectivity index (χ2v) is 6.21. The van der Waals surface area contributed by atoms with Crippen molar-refractivity contribution in [3.8, 4) is 0 Å². The Balaban J connectivity index is 4.39. The minimum Gasteiger partial charge on any atom is -0.353 e. The molecule has 5 nitrogen and oxygen atoms in total. The SMILES string of the molecule is CNCCNC(=O)C(C)(C)S(C)(=O)=O. The van der Waals surface area contributed by atoms with Crippen LogP contribution >= 0.6 is 0 Å². The number of carbonyl (C=O) groups is 1. The molecule has 0 spiro atoms. The Morgan fingerprint density at radius 3 is 2.14 bits per heavy atom. The van der Waals surface area contributed by atoms with E-state index < -0.39 is 20.5 Å². The molecule has 0 saturated carbocycles. The second-order valence-electron chi connectivity index (χ2n) is 3.64. The molecule has 0 unspecified atom stereocenters. The van der Waals surface area contributed by atoms with Gasteiger partial charge in [-0.05, 0) is 20.9 Å². The monoisotopic (exact) mass is 222 g/mol. The van der Waals surface area contributed by atoms with E-state index in [4.69, 9.17) is 0 Å². The third-order valence-electron chi connectivity index (χ3n) is 2.13. The first-order valence-electron chi connectivity index (χ1n) is 4.36. The summed E-state index contributed by atoms with van der Waals surface area (Å²) in [5.74, 6) is -0.463. The summed E-state index contributed by atoms with van der Waals surface area (Å²) in [6.07, 6.45) is 1.06. The molecular formula is C8H18N2O3S. The zero-order valence-electron chi connectivity index (χ0n) is 9.05. The van der Waals surface area contributed by atoms with Crippen LogP contribution in [0.15, 0.2) is 0 Å². The Kier molecular flexibility index (Phi) is 4.54. The van der Waals surface area contributed by atoms with E-state index in [-0.39, 0.29) is 0 Å². The minimum atomic E-state index is -3.37. The van der Waals surface area contributed by atoms with Gasteiger partial charge in [-0.3, -0.25) is 4.79 Å². The van der Waals surface area contributed by atoms with E-state index in [9.17, 15) is 13.2 Å². The molecule has 0 aromatic heterocycles. The lowest BCUT2D eigenvalue weighted by atomic mass is 10.2. The van der Waals surface area contributed by atoms with Crippen LogP contribution in [0.5, 0.6) is 0 Å². The highest BCUT2D eigenvalue weighted by Crippen LogP contribution is 2.14. The second kappa shape index (κ2) is 4.75. The van der Waals surface area contributed by atoms with Gasteiger partial charge in [0, 0.05) is 19.3 Å². The Bertz CT molecular complexity index is 296. The van der Waals surface area contributed by atoms with Crippen LogP contribution in [0.2, 0.25) is 0 Å². The normalized spacial score (nSPS) is 12.6. The smallest absolute Gasteiger partial charge is 0.240 e. The van der Waals surface area contributed by atoms with E-state index in [1.54, 1.807) is 7.05 Å². The van der Waals surface area contributed by atoms with Crippen molar-refractivity contribution in [3.63, 3.8) is 0 Å². The van der Waals surface area contributed by atoms with Gasteiger partial charge in [-0.2, -0.15) is 0 Å². The largest absolute Gasteiger partial charge is 0.353 e. The van der Waals surface area contributed by atoms with Crippen LogP contribution in [0.3, 0.4) is 0 Å². The van der Waals surface area contributed by atoms with Gasteiger partial charge in [-0.25, -0.2) is 8.42 Å². The summed E-state index contributed by atoms with van der Waals surface area (Å²) < 4.78 is 21.1. The molecule has 6 heteroatoms. The lowest BCUT2D eigenvalue weighted by Crippen LogP contribution is -2.48. The van der Waals surface area contributed by atoms with E-state index in [0.29, 0.717) is 13.1 Å². The molecule has 0 aromatic carbocycles. The lowest BCUT2D eigenvalue weighted by Gasteiger charge is -2.21. The van der Waals surface area contributed by atoms with E-state index in [1.807, 2.05) is 0 Å². The molecule has 2 N–H and O–H groups in total. The predicted octanol–water partition coefficient (Wildman–Crippen LogP) is -0.855. The molecule has 1 amide bonds. The van der Waals surface area contributed by atoms with Crippen molar-refractivity contribution in [3.05, 3.63) is 0 Å². The van der Waals surface area contributed by atoms with Gasteiger partial charge in [0.1, 0.15) is 4.75 Å². The number of carbonyl (C=O) groups excluding carboxylic acids is 1. The first kappa shape index (κ1) is 13.4. The number of likely N-dealkylation sites (N-methyl/N-ethyl adjacent to an activating group) is 1. The predicted molar refractivity (Wildman–Crippen MR) is 55.9 cm³/mol. The molecule has 0 aromatic rings. The van der Waals surface area contributed by atoms with E-state index in [2.05, 4.69) is 10.6 Å². The zero-order valence-corrected chi connectivity index (χ0v) is 9.86. The molecular weight excluding hydrogens is 204 g/mol. The summed E-state index contributed by atoms with van der Waals surface area (Å²) >= 11 is 0. The number of hydrogen-bond donors (Lipinski definition) is 2. The van der Waals surface area contributed by atoms with Gasteiger partial charge in [0.2, 0.25) is 5.91 Å². The van der Waals surface area contributed by atoms with Crippen molar-refractivity contribution >= 4 is 15.7 Å². The van der Waals surface area contributed by atoms with Gasteiger partial charge in [0.15, 0.2) is 9.84 Å². The molecule has 0 radical (unpaired) electrons. The maximum atomic E-state index is 11.5. The highest BCUT2D eigenvalue weighted by Gasteiger charge is 2.37. The van der Waals surface area contributed by atoms with E-state index in [1.165, 1.54) is 13.8 Å². The van der Waals surface area contributed by atoms with Crippen molar-refractivity contribution in [1.82, 2.24) is 10.6 Å². The molecule has 0 saturated heterocycles. The van der Waals surface area contributed by atoms with Crippen molar-refractivity contribution in [2.75, 3.05) is 26.4 Å². The van der Waals surface area contributed by atoms with Crippen LogP contribution in [-0.4, -0.2) is 45.5 Å². The van der Waals surface area contributed by atoms with Crippen LogP contribution in [0.25, 0.3) is 0 Å². The number of amides is 1. The first-order valence-corrected chi connectivity index (χ1v) is 6.25. The van der Waals surface area contributed by atoms with Crippen molar-refractivity contribution in [2.24, 2.45) is 0 Å². The molecule has 0 heterocycles. The Labute approximate surface area is 85.2 Å². The maximum absolute atomic E-state index is 11.5. The number of rotatable bonds is 5. The average molecular weight is 222 g/mol. The molecule has 0 bridgehead atoms. The number of sulfone groups is 1. The van der Waals surface area contributed by atoms with Gasteiger partial charge >= 0.3 is 0 Å². The molecule has 0 aliphatic rings. The lowest BCUT2D eigenvalue weighted by molar-refractivity contribution is -0.122. The zero-order chi connectivity index (χ0) is 11.4. The topological polar surface area (TPSA) is 75.3 Å². The summed E-state index contributed by atoms with van der Waals surface area (Å²) in [7, 11) is -1.61. The molecule has 0 rings (SSSR count). The minimum absolute atomic E-state index is 0.425. The first-order chi connectivity index (χ1) is 6.23. The van der Waals surface area contributed by atoms with E-state index >= 15 is 0 Å². The molecule has 0 atom stereocenters. The van der Waals surface area contributed by atoms with Crippen molar-refractivity contribution in [2.45, 2.75) is 18.6 Å². The Morgan fingerprint density at radius 1 is 1.29 bits per heavy atom. The van der Waals surface area contributed by atoms with Gasteiger partial charge in [0.25, 0.3) is 0 Å². The molecule has 0 aliphatic carbocycles. The summed E-state index contributed by atoms with van der Waals surface area (Å²) in [6, 6.07) is 0. The van der Waals surface area contributed by atoms with Gasteiger partial charge in [-0.15, -0.1) is 0 Å². The number of nitrogens with one attached hydrogen (secondary N) is 2. The molecule has 0 aliphatic heterocycles. The average Bonchev–Trinajstić information content (AvgIpc) is 2.02. The molecule has 0 fully saturated rings. The van der Waals surface area contributed by atoms with Crippen LogP contribution in [-0.2, 0) is 14.6 Å². The fourth-order valence-corrected chi connectivity index (χ4v) is 1.09. The summed E-state index contributed by atoms with van der Waals surface area (Å²) in [4.78, 5) is 11.5. The number of hydrogen-bond acceptors (Lipinski definition) is 4. The van der Waals surface area contributed by atoms with Crippen LogP contribution in [0, 0.1) is 0 Å². The highest BCUT2D eigenvalue weighted by molar-refractivity contribution is 7.92. The maximum Gasteiger partial charge on any atom is 0.240 e. The van der Waals surface area contributed by atoms with Gasteiger partial charge < -0.3 is 10.6 Å². The van der Waals surface area contributed by atoms with Crippen LogP contribution < -0.4 is 10.6 Å². The fraction of sp³-hybridized carbons (Fsp3) is 0.875. The highest BCUT2D eigenvalue weighted by atomic mass is 32.2. The van der Waals surface area contributed by atoms with Gasteiger partial charge in [-0.1, -0.05) is 0 Å². The Morgan fingerprint density at radius 2 is 1.79 bits per heavy atom. The Hall–Kier alpha value is -0.620. The molecule has 14 heavy (non-hydrogen) atoms. The summed E-state index contributed by atoms with van der Waals surface area (Å²) in [5.41, 5.74) is 0. The molecule has 84 valence electrons. The van der Waals surface area contributed by atoms with Gasteiger partial charge in [0.05, 0.1) is 0 Å².